The standard InChI is InChI=1S/C65H41NS/c1-3-18-42(19-4-1)43-34-38-46(39-35-43)66(47-40-36-44(37-41-47)48-28-17-29-54-51-24-12-16-33-59(51)67-64(48)54)63-60(45-20-5-2-6-21-45)52-25-7-8-26-53(52)62-61(63)55-27-11-15-32-58(55)65(62)56-30-13-9-22-49(56)50-23-10-14-31-57(50)65/h1-41H. The van der Waals surface area contributed by atoms with Gasteiger partial charge in [0.05, 0.1) is 11.1 Å². The van der Waals surface area contributed by atoms with Crippen molar-refractivity contribution >= 4 is 59.3 Å². The summed E-state index contributed by atoms with van der Waals surface area (Å²) in [5, 5.41) is 5.13. The lowest BCUT2D eigenvalue weighted by Crippen LogP contribution is -2.26. The molecule has 14 rings (SSSR count). The fraction of sp³-hybridized carbons (Fsp3) is 0.0154. The third-order valence-corrected chi connectivity index (χ3v) is 15.7. The molecule has 67 heavy (non-hydrogen) atoms. The van der Waals surface area contributed by atoms with Gasteiger partial charge in [-0.05, 0) is 108 Å². The Bertz CT molecular complexity index is 3860. The average Bonchev–Trinajstić information content (AvgIpc) is 4.04. The molecular weight excluding hydrogens is 827 g/mol. The molecule has 1 aromatic heterocycles. The van der Waals surface area contributed by atoms with Crippen molar-refractivity contribution in [3.63, 3.8) is 0 Å². The first-order valence-electron chi connectivity index (χ1n) is 23.2. The first-order valence-corrected chi connectivity index (χ1v) is 24.0. The average molecular weight is 868 g/mol. The Morgan fingerprint density at radius 3 is 1.42 bits per heavy atom. The minimum atomic E-state index is -0.543. The second kappa shape index (κ2) is 14.9. The SMILES string of the molecule is c1ccc(-c2ccc(N(c3ccc(-c4cccc5c4sc4ccccc45)cc3)c3c4c(c5ccccc5c3-c3ccccc3)C3(c5ccccc5-c5ccccc53)c3ccccc3-4)cc2)cc1. The van der Waals surface area contributed by atoms with E-state index in [2.05, 4.69) is 254 Å². The summed E-state index contributed by atoms with van der Waals surface area (Å²) in [7, 11) is 0. The number of thiophene rings is 1. The van der Waals surface area contributed by atoms with E-state index in [1.807, 2.05) is 11.3 Å². The second-order valence-electron chi connectivity index (χ2n) is 17.8. The maximum Gasteiger partial charge on any atom is 0.0732 e. The van der Waals surface area contributed by atoms with Gasteiger partial charge < -0.3 is 4.90 Å². The highest BCUT2D eigenvalue weighted by atomic mass is 32.1. The van der Waals surface area contributed by atoms with E-state index in [4.69, 9.17) is 0 Å². The molecule has 0 aliphatic heterocycles. The number of rotatable bonds is 6. The van der Waals surface area contributed by atoms with Gasteiger partial charge in [0.2, 0.25) is 0 Å². The van der Waals surface area contributed by atoms with Gasteiger partial charge in [-0.15, -0.1) is 11.3 Å². The van der Waals surface area contributed by atoms with Gasteiger partial charge in [0.15, 0.2) is 0 Å². The molecule has 0 amide bonds. The van der Waals surface area contributed by atoms with Gasteiger partial charge in [-0.1, -0.05) is 218 Å². The summed E-state index contributed by atoms with van der Waals surface area (Å²) in [6, 6.07) is 92.6. The molecule has 0 atom stereocenters. The molecule has 0 saturated carbocycles. The molecule has 0 N–H and O–H groups in total. The summed E-state index contributed by atoms with van der Waals surface area (Å²) in [6.07, 6.45) is 0. The third kappa shape index (κ3) is 5.48. The minimum absolute atomic E-state index is 0.543. The van der Waals surface area contributed by atoms with Crippen molar-refractivity contribution in [2.24, 2.45) is 0 Å². The van der Waals surface area contributed by atoms with Crippen LogP contribution in [0.5, 0.6) is 0 Å². The van der Waals surface area contributed by atoms with Crippen molar-refractivity contribution in [2.75, 3.05) is 4.90 Å². The molecule has 0 radical (unpaired) electrons. The molecule has 0 unspecified atom stereocenters. The minimum Gasteiger partial charge on any atom is -0.309 e. The van der Waals surface area contributed by atoms with E-state index in [0.717, 1.165) is 11.4 Å². The molecule has 1 spiro atoms. The van der Waals surface area contributed by atoms with Crippen LogP contribution in [0, 0.1) is 0 Å². The second-order valence-corrected chi connectivity index (χ2v) is 18.9. The Hall–Kier alpha value is -8.30. The van der Waals surface area contributed by atoms with Crippen molar-refractivity contribution in [1.82, 2.24) is 0 Å². The molecule has 1 heterocycles. The van der Waals surface area contributed by atoms with Crippen molar-refractivity contribution in [1.29, 1.82) is 0 Å². The summed E-state index contributed by atoms with van der Waals surface area (Å²) in [4.78, 5) is 2.56. The summed E-state index contributed by atoms with van der Waals surface area (Å²) < 4.78 is 2.64. The van der Waals surface area contributed by atoms with E-state index in [1.54, 1.807) is 0 Å². The van der Waals surface area contributed by atoms with Crippen LogP contribution in [0.25, 0.3) is 86.6 Å². The molecule has 312 valence electrons. The van der Waals surface area contributed by atoms with Crippen molar-refractivity contribution in [3.8, 4) is 55.6 Å². The number of fused-ring (bicyclic) bond motifs is 15. The smallest absolute Gasteiger partial charge is 0.0732 e. The number of hydrogen-bond donors (Lipinski definition) is 0. The first kappa shape index (κ1) is 38.0. The molecule has 2 heteroatoms. The molecule has 2 aliphatic rings. The Kier molecular flexibility index (Phi) is 8.44. The molecule has 0 bridgehead atoms. The van der Waals surface area contributed by atoms with Crippen molar-refractivity contribution in [2.45, 2.75) is 5.41 Å². The van der Waals surface area contributed by atoms with Crippen molar-refractivity contribution in [3.05, 3.63) is 271 Å². The summed E-state index contributed by atoms with van der Waals surface area (Å²) in [5.74, 6) is 0. The molecule has 0 fully saturated rings. The largest absolute Gasteiger partial charge is 0.309 e. The van der Waals surface area contributed by atoms with Gasteiger partial charge in [0.25, 0.3) is 0 Å². The Morgan fingerprint density at radius 1 is 0.299 bits per heavy atom. The van der Waals surface area contributed by atoms with E-state index < -0.39 is 5.41 Å². The topological polar surface area (TPSA) is 3.24 Å². The highest BCUT2D eigenvalue weighted by Crippen LogP contribution is 2.67. The van der Waals surface area contributed by atoms with Crippen LogP contribution in [-0.2, 0) is 5.41 Å². The zero-order valence-corrected chi connectivity index (χ0v) is 37.3. The normalized spacial score (nSPS) is 12.9. The number of benzene rings is 11. The number of nitrogens with zero attached hydrogens (tertiary/aromatic N) is 1. The Balaban J connectivity index is 1.10. The van der Waals surface area contributed by atoms with Crippen LogP contribution in [-0.4, -0.2) is 0 Å². The van der Waals surface area contributed by atoms with Crippen molar-refractivity contribution < 1.29 is 0 Å². The molecule has 1 nitrogen and oxygen atoms in total. The number of anilines is 3. The van der Waals surface area contributed by atoms with Crippen LogP contribution in [0.4, 0.5) is 17.1 Å². The lowest BCUT2D eigenvalue weighted by molar-refractivity contribution is 0.801. The highest BCUT2D eigenvalue weighted by Gasteiger charge is 2.54. The third-order valence-electron chi connectivity index (χ3n) is 14.5. The van der Waals surface area contributed by atoms with E-state index in [1.165, 1.54) is 115 Å². The maximum atomic E-state index is 2.56. The summed E-state index contributed by atoms with van der Waals surface area (Å²) >= 11 is 1.88. The van der Waals surface area contributed by atoms with Gasteiger partial charge in [-0.2, -0.15) is 0 Å². The van der Waals surface area contributed by atoms with Crippen LogP contribution in [0.3, 0.4) is 0 Å². The summed E-state index contributed by atoms with van der Waals surface area (Å²) in [5.41, 5.74) is 20.6. The molecule has 11 aromatic carbocycles. The van der Waals surface area contributed by atoms with Gasteiger partial charge in [-0.3, -0.25) is 0 Å². The van der Waals surface area contributed by atoms with Crippen LogP contribution >= 0.6 is 11.3 Å². The zero-order valence-electron chi connectivity index (χ0n) is 36.5. The Morgan fingerprint density at radius 2 is 0.761 bits per heavy atom. The first-order chi connectivity index (χ1) is 33.3. The van der Waals surface area contributed by atoms with Crippen LogP contribution in [0.1, 0.15) is 22.3 Å². The lowest BCUT2D eigenvalue weighted by atomic mass is 9.69. The molecule has 0 saturated heterocycles. The Labute approximate surface area is 394 Å². The van der Waals surface area contributed by atoms with E-state index in [-0.39, 0.29) is 0 Å². The van der Waals surface area contributed by atoms with Crippen LogP contribution < -0.4 is 4.90 Å². The van der Waals surface area contributed by atoms with Crippen LogP contribution in [0.15, 0.2) is 249 Å². The predicted octanol–water partition coefficient (Wildman–Crippen LogP) is 18.0. The fourth-order valence-corrected chi connectivity index (χ4v) is 13.0. The van der Waals surface area contributed by atoms with Crippen LogP contribution in [0.2, 0.25) is 0 Å². The van der Waals surface area contributed by atoms with Gasteiger partial charge in [0.1, 0.15) is 0 Å². The predicted molar refractivity (Wildman–Crippen MR) is 284 cm³/mol. The van der Waals surface area contributed by atoms with Gasteiger partial charge >= 0.3 is 0 Å². The molecule has 12 aromatic rings. The van der Waals surface area contributed by atoms with E-state index in [9.17, 15) is 0 Å². The van der Waals surface area contributed by atoms with Gasteiger partial charge in [0, 0.05) is 42.7 Å². The van der Waals surface area contributed by atoms with E-state index >= 15 is 0 Å². The molecule has 2 aliphatic carbocycles. The molecular formula is C65H41NS. The number of hydrogen-bond acceptors (Lipinski definition) is 2. The van der Waals surface area contributed by atoms with E-state index in [0.29, 0.717) is 0 Å². The highest BCUT2D eigenvalue weighted by molar-refractivity contribution is 7.26. The summed E-state index contributed by atoms with van der Waals surface area (Å²) in [6.45, 7) is 0. The lowest BCUT2D eigenvalue weighted by Gasteiger charge is -2.35. The fourth-order valence-electron chi connectivity index (χ4n) is 11.8. The zero-order chi connectivity index (χ0) is 44.1. The van der Waals surface area contributed by atoms with Gasteiger partial charge in [-0.25, -0.2) is 0 Å². The monoisotopic (exact) mass is 867 g/mol. The maximum absolute atomic E-state index is 2.56. The quantitative estimate of drug-likeness (QED) is 0.161.